The number of nitriles is 2. The molecule has 9 rings (SSSR count). The van der Waals surface area contributed by atoms with Crippen LogP contribution in [0, 0.1) is 22.7 Å². The van der Waals surface area contributed by atoms with E-state index >= 15 is 0 Å². The van der Waals surface area contributed by atoms with Gasteiger partial charge >= 0.3 is 0 Å². The first-order chi connectivity index (χ1) is 22.7. The van der Waals surface area contributed by atoms with Crippen molar-refractivity contribution in [3.8, 4) is 35.1 Å². The summed E-state index contributed by atoms with van der Waals surface area (Å²) in [6.45, 7) is 0. The Kier molecular flexibility index (Phi) is 5.53. The van der Waals surface area contributed by atoms with Crippen LogP contribution < -0.4 is 19.3 Å². The lowest BCUT2D eigenvalue weighted by molar-refractivity contribution is 0.478. The highest BCUT2D eigenvalue weighted by Crippen LogP contribution is 2.57. The topological polar surface area (TPSA) is 72.5 Å². The van der Waals surface area contributed by atoms with Crippen LogP contribution >= 0.6 is 0 Å². The number of hydrogen-bond donors (Lipinski definition) is 0. The SMILES string of the molecule is N#Cc1cc(C#N)c(N2c3ccccc3Oc3ccc4ccccc4c32)cc1N1c2ccccc2Oc2ccc3ccccc3c21. The van der Waals surface area contributed by atoms with Crippen LogP contribution in [0.1, 0.15) is 11.1 Å². The monoisotopic (exact) mass is 590 g/mol. The zero-order chi connectivity index (χ0) is 30.8. The second-order valence-electron chi connectivity index (χ2n) is 11.2. The highest BCUT2D eigenvalue weighted by Gasteiger charge is 2.33. The van der Waals surface area contributed by atoms with E-state index in [1.54, 1.807) is 6.07 Å². The maximum atomic E-state index is 10.6. The third-order valence-corrected chi connectivity index (χ3v) is 8.66. The van der Waals surface area contributed by atoms with Crippen LogP contribution in [0.2, 0.25) is 0 Å². The van der Waals surface area contributed by atoms with Crippen LogP contribution in [-0.2, 0) is 0 Å². The molecule has 0 spiro atoms. The number of fused-ring (bicyclic) bond motifs is 8. The van der Waals surface area contributed by atoms with Gasteiger partial charge in [-0.05, 0) is 59.3 Å². The van der Waals surface area contributed by atoms with E-state index in [0.717, 1.165) is 44.3 Å². The molecule has 0 bridgehead atoms. The predicted molar refractivity (Wildman–Crippen MR) is 180 cm³/mol. The van der Waals surface area contributed by atoms with Crippen molar-refractivity contribution in [3.05, 3.63) is 145 Å². The fraction of sp³-hybridized carbons (Fsp3) is 0. The number of para-hydroxylation sites is 4. The van der Waals surface area contributed by atoms with Gasteiger partial charge in [0, 0.05) is 10.8 Å². The fourth-order valence-electron chi connectivity index (χ4n) is 6.66. The van der Waals surface area contributed by atoms with Gasteiger partial charge < -0.3 is 19.3 Å². The van der Waals surface area contributed by atoms with Gasteiger partial charge in [0.25, 0.3) is 0 Å². The van der Waals surface area contributed by atoms with Crippen LogP contribution in [0.15, 0.2) is 133 Å². The van der Waals surface area contributed by atoms with E-state index in [9.17, 15) is 10.5 Å². The fourth-order valence-corrected chi connectivity index (χ4v) is 6.66. The zero-order valence-electron chi connectivity index (χ0n) is 24.3. The summed E-state index contributed by atoms with van der Waals surface area (Å²) in [5.74, 6) is 2.71. The van der Waals surface area contributed by atoms with Crippen LogP contribution in [0.3, 0.4) is 0 Å². The quantitative estimate of drug-likeness (QED) is 0.199. The summed E-state index contributed by atoms with van der Waals surface area (Å²) in [6, 6.07) is 48.4. The third-order valence-electron chi connectivity index (χ3n) is 8.66. The largest absolute Gasteiger partial charge is 0.453 e. The molecule has 7 aromatic rings. The molecule has 0 atom stereocenters. The smallest absolute Gasteiger partial charge is 0.152 e. The van der Waals surface area contributed by atoms with Crippen LogP contribution in [0.25, 0.3) is 21.5 Å². The van der Waals surface area contributed by atoms with Crippen molar-refractivity contribution in [1.82, 2.24) is 0 Å². The Morgan fingerprint density at radius 3 is 1.33 bits per heavy atom. The number of nitrogens with zero attached hydrogens (tertiary/aromatic N) is 4. The summed E-state index contributed by atoms with van der Waals surface area (Å²) < 4.78 is 12.9. The average Bonchev–Trinajstić information content (AvgIpc) is 3.12. The molecule has 2 aliphatic rings. The van der Waals surface area contributed by atoms with Crippen molar-refractivity contribution in [1.29, 1.82) is 10.5 Å². The standard InChI is InChI=1S/C40H22N4O2/c41-23-27-21-28(24-42)34(44-32-14-6-8-16-36(32)46-38-20-18-26-10-2-4-12-30(26)40(38)44)22-33(27)43-31-13-5-7-15-35(31)45-37-19-17-25-9-1-3-11-29(25)39(37)43/h1-22H. The Morgan fingerprint density at radius 1 is 0.413 bits per heavy atom. The highest BCUT2D eigenvalue weighted by atomic mass is 16.5. The third kappa shape index (κ3) is 3.68. The summed E-state index contributed by atoms with van der Waals surface area (Å²) in [5, 5.41) is 25.2. The molecule has 0 saturated carbocycles. The first-order valence-corrected chi connectivity index (χ1v) is 14.9. The minimum Gasteiger partial charge on any atom is -0.453 e. The number of benzene rings is 7. The van der Waals surface area contributed by atoms with Crippen molar-refractivity contribution >= 4 is 55.7 Å². The van der Waals surface area contributed by atoms with Crippen molar-refractivity contribution < 1.29 is 9.47 Å². The minimum absolute atomic E-state index is 0.371. The van der Waals surface area contributed by atoms with E-state index in [0.29, 0.717) is 45.5 Å². The molecule has 0 amide bonds. The molecule has 6 heteroatoms. The molecule has 2 aliphatic heterocycles. The summed E-state index contributed by atoms with van der Waals surface area (Å²) in [5.41, 5.74) is 5.27. The van der Waals surface area contributed by atoms with E-state index in [2.05, 4.69) is 46.2 Å². The van der Waals surface area contributed by atoms with Gasteiger partial charge in [-0.3, -0.25) is 0 Å². The molecule has 0 unspecified atom stereocenters. The molecule has 6 nitrogen and oxygen atoms in total. The van der Waals surface area contributed by atoms with Crippen LogP contribution in [-0.4, -0.2) is 0 Å². The molecule has 2 heterocycles. The van der Waals surface area contributed by atoms with Gasteiger partial charge in [-0.1, -0.05) is 84.9 Å². The zero-order valence-corrected chi connectivity index (χ0v) is 24.3. The van der Waals surface area contributed by atoms with Crippen molar-refractivity contribution in [3.63, 3.8) is 0 Å². The molecule has 214 valence electrons. The molecule has 0 fully saturated rings. The van der Waals surface area contributed by atoms with E-state index in [1.807, 2.05) is 103 Å². The average molecular weight is 591 g/mol. The molecule has 46 heavy (non-hydrogen) atoms. The van der Waals surface area contributed by atoms with E-state index in [4.69, 9.17) is 9.47 Å². The Bertz CT molecular complexity index is 2320. The molecule has 0 aliphatic carbocycles. The summed E-state index contributed by atoms with van der Waals surface area (Å²) in [6.07, 6.45) is 0. The number of ether oxygens (including phenoxy) is 2. The molecule has 7 aromatic carbocycles. The first-order valence-electron chi connectivity index (χ1n) is 14.9. The molecular weight excluding hydrogens is 568 g/mol. The van der Waals surface area contributed by atoms with Gasteiger partial charge in [0.1, 0.15) is 12.1 Å². The number of anilines is 6. The minimum atomic E-state index is 0.371. The van der Waals surface area contributed by atoms with Crippen LogP contribution in [0.5, 0.6) is 23.0 Å². The number of rotatable bonds is 2. The first kappa shape index (κ1) is 25.7. The Morgan fingerprint density at radius 2 is 0.848 bits per heavy atom. The van der Waals surface area contributed by atoms with Crippen molar-refractivity contribution in [2.45, 2.75) is 0 Å². The lowest BCUT2D eigenvalue weighted by Crippen LogP contribution is -2.20. The molecule has 0 radical (unpaired) electrons. The second kappa shape index (κ2) is 9.89. The molecular formula is C40H22N4O2. The van der Waals surface area contributed by atoms with Gasteiger partial charge in [-0.25, -0.2) is 0 Å². The van der Waals surface area contributed by atoms with E-state index in [1.165, 1.54) is 0 Å². The van der Waals surface area contributed by atoms with Gasteiger partial charge in [0.2, 0.25) is 0 Å². The van der Waals surface area contributed by atoms with Gasteiger partial charge in [-0.15, -0.1) is 0 Å². The molecule has 0 saturated heterocycles. The lowest BCUT2D eigenvalue weighted by Gasteiger charge is -2.37. The lowest BCUT2D eigenvalue weighted by atomic mass is 9.99. The summed E-state index contributed by atoms with van der Waals surface area (Å²) in [4.78, 5) is 4.19. The van der Waals surface area contributed by atoms with Crippen molar-refractivity contribution in [2.24, 2.45) is 0 Å². The van der Waals surface area contributed by atoms with Crippen molar-refractivity contribution in [2.75, 3.05) is 9.80 Å². The normalized spacial score (nSPS) is 12.6. The Hall–Kier alpha value is -6.76. The van der Waals surface area contributed by atoms with E-state index < -0.39 is 0 Å². The molecule has 0 aromatic heterocycles. The Balaban J connectivity index is 1.38. The van der Waals surface area contributed by atoms with E-state index in [-0.39, 0.29) is 0 Å². The maximum Gasteiger partial charge on any atom is 0.152 e. The van der Waals surface area contributed by atoms with Gasteiger partial charge in [-0.2, -0.15) is 10.5 Å². The van der Waals surface area contributed by atoms with Gasteiger partial charge in [0.15, 0.2) is 23.0 Å². The predicted octanol–water partition coefficient (Wildman–Crippen LogP) is 10.9. The second-order valence-corrected chi connectivity index (χ2v) is 11.2. The maximum absolute atomic E-state index is 10.6. The Labute approximate surface area is 264 Å². The summed E-state index contributed by atoms with van der Waals surface area (Å²) >= 11 is 0. The van der Waals surface area contributed by atoms with Crippen LogP contribution in [0.4, 0.5) is 34.1 Å². The summed E-state index contributed by atoms with van der Waals surface area (Å²) in [7, 11) is 0. The molecule has 0 N–H and O–H groups in total. The van der Waals surface area contributed by atoms with Gasteiger partial charge in [0.05, 0.1) is 45.3 Å². The highest BCUT2D eigenvalue weighted by molar-refractivity contribution is 6.07. The number of hydrogen-bond acceptors (Lipinski definition) is 6.